The van der Waals surface area contributed by atoms with Gasteiger partial charge in [-0.3, -0.25) is 4.98 Å². The molecular formula is C9H11NO2. The minimum atomic E-state index is -0.297. The molecule has 0 fully saturated rings. The number of rotatable bonds is 2. The lowest BCUT2D eigenvalue weighted by molar-refractivity contribution is 0.0599. The van der Waals surface area contributed by atoms with Gasteiger partial charge >= 0.3 is 5.97 Å². The Kier molecular flexibility index (Phi) is 2.80. The highest BCUT2D eigenvalue weighted by molar-refractivity contribution is 5.90. The summed E-state index contributed by atoms with van der Waals surface area (Å²) < 4.78 is 4.61. The molecular weight excluding hydrogens is 154 g/mol. The number of hydrogen-bond acceptors (Lipinski definition) is 3. The van der Waals surface area contributed by atoms with Gasteiger partial charge in [0.25, 0.3) is 0 Å². The van der Waals surface area contributed by atoms with Gasteiger partial charge < -0.3 is 4.74 Å². The van der Waals surface area contributed by atoms with Gasteiger partial charge in [-0.2, -0.15) is 0 Å². The maximum Gasteiger partial charge on any atom is 0.338 e. The summed E-state index contributed by atoms with van der Waals surface area (Å²) in [4.78, 5) is 15.1. The lowest BCUT2D eigenvalue weighted by Crippen LogP contribution is -2.05. The summed E-state index contributed by atoms with van der Waals surface area (Å²) in [6, 6.07) is 1.67. The highest BCUT2D eigenvalue weighted by Crippen LogP contribution is 2.08. The van der Waals surface area contributed by atoms with Gasteiger partial charge in [-0.15, -0.1) is 0 Å². The van der Waals surface area contributed by atoms with Crippen LogP contribution in [-0.2, 0) is 11.2 Å². The topological polar surface area (TPSA) is 39.2 Å². The Balaban J connectivity index is 3.04. The Hall–Kier alpha value is -1.38. The molecule has 0 unspecified atom stereocenters. The Morgan fingerprint density at radius 3 is 3.00 bits per heavy atom. The molecule has 1 aromatic heterocycles. The van der Waals surface area contributed by atoms with Gasteiger partial charge in [-0.25, -0.2) is 4.79 Å². The number of ether oxygens (including phenoxy) is 1. The SMILES string of the molecule is CCc1cnccc1C(=O)OC. The van der Waals surface area contributed by atoms with Crippen LogP contribution in [-0.4, -0.2) is 18.1 Å². The molecule has 0 aromatic carbocycles. The molecule has 1 rings (SSSR count). The standard InChI is InChI=1S/C9H11NO2/c1-3-7-6-10-5-4-8(7)9(11)12-2/h4-6H,3H2,1-2H3. The van der Waals surface area contributed by atoms with E-state index in [-0.39, 0.29) is 5.97 Å². The van der Waals surface area contributed by atoms with Gasteiger partial charge in [0.15, 0.2) is 0 Å². The van der Waals surface area contributed by atoms with Crippen molar-refractivity contribution in [1.29, 1.82) is 0 Å². The molecule has 0 aliphatic carbocycles. The summed E-state index contributed by atoms with van der Waals surface area (Å²) in [5.74, 6) is -0.297. The first-order chi connectivity index (χ1) is 5.79. The first kappa shape index (κ1) is 8.71. The van der Waals surface area contributed by atoms with Crippen LogP contribution < -0.4 is 0 Å². The Bertz CT molecular complexity index is 284. The van der Waals surface area contributed by atoms with E-state index in [0.29, 0.717) is 5.56 Å². The van der Waals surface area contributed by atoms with E-state index < -0.39 is 0 Å². The van der Waals surface area contributed by atoms with Crippen LogP contribution >= 0.6 is 0 Å². The number of carbonyl (C=O) groups excluding carboxylic acids is 1. The second kappa shape index (κ2) is 3.85. The lowest BCUT2D eigenvalue weighted by atomic mass is 10.1. The number of aromatic nitrogens is 1. The minimum absolute atomic E-state index is 0.297. The van der Waals surface area contributed by atoms with E-state index in [9.17, 15) is 4.79 Å². The number of aryl methyl sites for hydroxylation is 1. The Morgan fingerprint density at radius 2 is 2.42 bits per heavy atom. The van der Waals surface area contributed by atoms with Crippen LogP contribution in [0.3, 0.4) is 0 Å². The van der Waals surface area contributed by atoms with E-state index in [2.05, 4.69) is 9.72 Å². The normalized spacial score (nSPS) is 9.50. The summed E-state index contributed by atoms with van der Waals surface area (Å²) in [6.45, 7) is 1.98. The van der Waals surface area contributed by atoms with Crippen LogP contribution in [0.2, 0.25) is 0 Å². The summed E-state index contributed by atoms with van der Waals surface area (Å²) in [6.07, 6.45) is 4.07. The van der Waals surface area contributed by atoms with Crippen molar-refractivity contribution < 1.29 is 9.53 Å². The molecule has 0 saturated carbocycles. The summed E-state index contributed by atoms with van der Waals surface area (Å²) in [5, 5.41) is 0. The number of hydrogen-bond donors (Lipinski definition) is 0. The monoisotopic (exact) mass is 165 g/mol. The zero-order valence-corrected chi connectivity index (χ0v) is 7.20. The predicted molar refractivity (Wildman–Crippen MR) is 45.0 cm³/mol. The molecule has 12 heavy (non-hydrogen) atoms. The lowest BCUT2D eigenvalue weighted by Gasteiger charge is -2.03. The van der Waals surface area contributed by atoms with Crippen molar-refractivity contribution in [3.63, 3.8) is 0 Å². The molecule has 0 saturated heterocycles. The second-order valence-corrected chi connectivity index (χ2v) is 2.38. The predicted octanol–water partition coefficient (Wildman–Crippen LogP) is 1.43. The number of pyridine rings is 1. The third-order valence-electron chi connectivity index (χ3n) is 1.69. The molecule has 0 spiro atoms. The average Bonchev–Trinajstić information content (AvgIpc) is 2.16. The van der Waals surface area contributed by atoms with Gasteiger partial charge in [0.2, 0.25) is 0 Å². The summed E-state index contributed by atoms with van der Waals surface area (Å²) >= 11 is 0. The van der Waals surface area contributed by atoms with Crippen molar-refractivity contribution in [2.24, 2.45) is 0 Å². The molecule has 1 aromatic rings. The molecule has 0 bridgehead atoms. The molecule has 0 radical (unpaired) electrons. The molecule has 0 aliphatic heterocycles. The van der Waals surface area contributed by atoms with E-state index in [1.807, 2.05) is 6.92 Å². The molecule has 0 N–H and O–H groups in total. The molecule has 0 atom stereocenters. The van der Waals surface area contributed by atoms with E-state index in [0.717, 1.165) is 12.0 Å². The third-order valence-corrected chi connectivity index (χ3v) is 1.69. The highest BCUT2D eigenvalue weighted by Gasteiger charge is 2.08. The van der Waals surface area contributed by atoms with Crippen LogP contribution in [0.15, 0.2) is 18.5 Å². The van der Waals surface area contributed by atoms with Crippen molar-refractivity contribution in [1.82, 2.24) is 4.98 Å². The number of methoxy groups -OCH3 is 1. The summed E-state index contributed by atoms with van der Waals surface area (Å²) in [7, 11) is 1.38. The minimum Gasteiger partial charge on any atom is -0.465 e. The van der Waals surface area contributed by atoms with Crippen LogP contribution in [0, 0.1) is 0 Å². The molecule has 1 heterocycles. The Labute approximate surface area is 71.4 Å². The molecule has 0 amide bonds. The fourth-order valence-electron chi connectivity index (χ4n) is 1.02. The van der Waals surface area contributed by atoms with E-state index in [1.165, 1.54) is 7.11 Å². The van der Waals surface area contributed by atoms with Crippen molar-refractivity contribution in [3.8, 4) is 0 Å². The maximum absolute atomic E-state index is 11.1. The first-order valence-corrected chi connectivity index (χ1v) is 3.80. The van der Waals surface area contributed by atoms with Crippen LogP contribution in [0.1, 0.15) is 22.8 Å². The number of esters is 1. The van der Waals surface area contributed by atoms with Crippen molar-refractivity contribution in [3.05, 3.63) is 29.6 Å². The van der Waals surface area contributed by atoms with Gasteiger partial charge in [-0.05, 0) is 18.1 Å². The maximum atomic E-state index is 11.1. The van der Waals surface area contributed by atoms with Gasteiger partial charge in [-0.1, -0.05) is 6.92 Å². The first-order valence-electron chi connectivity index (χ1n) is 3.80. The van der Waals surface area contributed by atoms with E-state index in [4.69, 9.17) is 0 Å². The van der Waals surface area contributed by atoms with Gasteiger partial charge in [0.05, 0.1) is 12.7 Å². The third kappa shape index (κ3) is 1.61. The zero-order valence-electron chi connectivity index (χ0n) is 7.20. The van der Waals surface area contributed by atoms with Crippen molar-refractivity contribution >= 4 is 5.97 Å². The van der Waals surface area contributed by atoms with Gasteiger partial charge in [0, 0.05) is 12.4 Å². The van der Waals surface area contributed by atoms with Crippen LogP contribution in [0.5, 0.6) is 0 Å². The molecule has 3 heteroatoms. The number of nitrogens with zero attached hydrogens (tertiary/aromatic N) is 1. The van der Waals surface area contributed by atoms with Crippen molar-refractivity contribution in [2.75, 3.05) is 7.11 Å². The van der Waals surface area contributed by atoms with Crippen molar-refractivity contribution in [2.45, 2.75) is 13.3 Å². The fourth-order valence-corrected chi connectivity index (χ4v) is 1.02. The molecule has 0 aliphatic rings. The molecule has 3 nitrogen and oxygen atoms in total. The zero-order chi connectivity index (χ0) is 8.97. The number of carbonyl (C=O) groups is 1. The largest absolute Gasteiger partial charge is 0.465 e. The Morgan fingerprint density at radius 1 is 1.67 bits per heavy atom. The molecule has 64 valence electrons. The summed E-state index contributed by atoms with van der Waals surface area (Å²) in [5.41, 5.74) is 1.53. The highest BCUT2D eigenvalue weighted by atomic mass is 16.5. The smallest absolute Gasteiger partial charge is 0.338 e. The fraction of sp³-hybridized carbons (Fsp3) is 0.333. The average molecular weight is 165 g/mol. The van der Waals surface area contributed by atoms with Crippen LogP contribution in [0.4, 0.5) is 0 Å². The van der Waals surface area contributed by atoms with Crippen LogP contribution in [0.25, 0.3) is 0 Å². The van der Waals surface area contributed by atoms with E-state index >= 15 is 0 Å². The van der Waals surface area contributed by atoms with Gasteiger partial charge in [0.1, 0.15) is 0 Å². The quantitative estimate of drug-likeness (QED) is 0.622. The van der Waals surface area contributed by atoms with E-state index in [1.54, 1.807) is 18.5 Å². The second-order valence-electron chi connectivity index (χ2n) is 2.38.